The minimum Gasteiger partial charge on any atom is -0.371 e. The van der Waals surface area contributed by atoms with Crippen LogP contribution in [0.25, 0.3) is 0 Å². The molecular weight excluding hydrogens is 314 g/mol. The van der Waals surface area contributed by atoms with E-state index in [0.717, 1.165) is 24.5 Å². The lowest BCUT2D eigenvalue weighted by atomic mass is 10.1. The zero-order chi connectivity index (χ0) is 17.6. The monoisotopic (exact) mass is 337 g/mol. The maximum atomic E-state index is 12.5. The van der Waals surface area contributed by atoms with Gasteiger partial charge in [-0.05, 0) is 55.7 Å². The largest absolute Gasteiger partial charge is 0.371 e. The zero-order valence-electron chi connectivity index (χ0n) is 14.4. The van der Waals surface area contributed by atoms with Crippen molar-refractivity contribution in [1.82, 2.24) is 0 Å². The number of hydrogen-bond donors (Lipinski definition) is 2. The Kier molecular flexibility index (Phi) is 5.33. The molecule has 5 heteroatoms. The fourth-order valence-corrected chi connectivity index (χ4v) is 3.08. The molecule has 0 aliphatic carbocycles. The number of nitrogens with zero attached hydrogens (tertiary/aromatic N) is 1. The summed E-state index contributed by atoms with van der Waals surface area (Å²) in [5.41, 5.74) is 3.04. The lowest BCUT2D eigenvalue weighted by Crippen LogP contribution is -2.29. The first kappa shape index (κ1) is 17.0. The Balaban J connectivity index is 1.71. The number of hydrogen-bond acceptors (Lipinski definition) is 3. The van der Waals surface area contributed by atoms with Crippen LogP contribution in [-0.2, 0) is 4.79 Å². The van der Waals surface area contributed by atoms with Crippen molar-refractivity contribution in [3.05, 3.63) is 54.1 Å². The molecule has 0 spiro atoms. The van der Waals surface area contributed by atoms with Crippen LogP contribution >= 0.6 is 0 Å². The highest BCUT2D eigenvalue weighted by Gasteiger charge is 2.12. The molecule has 3 rings (SSSR count). The van der Waals surface area contributed by atoms with Crippen LogP contribution in [0.3, 0.4) is 0 Å². The number of benzene rings is 2. The molecule has 130 valence electrons. The summed E-state index contributed by atoms with van der Waals surface area (Å²) < 4.78 is 0. The predicted octanol–water partition coefficient (Wildman–Crippen LogP) is 3.89. The zero-order valence-corrected chi connectivity index (χ0v) is 14.4. The van der Waals surface area contributed by atoms with Gasteiger partial charge in [-0.1, -0.05) is 12.1 Å². The molecule has 0 saturated carbocycles. The Morgan fingerprint density at radius 1 is 0.880 bits per heavy atom. The fraction of sp³-hybridized carbons (Fsp3) is 0.300. The first-order chi connectivity index (χ1) is 12.1. The van der Waals surface area contributed by atoms with E-state index in [4.69, 9.17) is 0 Å². The van der Waals surface area contributed by atoms with Crippen molar-refractivity contribution in [3.63, 3.8) is 0 Å². The van der Waals surface area contributed by atoms with Crippen LogP contribution in [0.15, 0.2) is 48.5 Å². The highest BCUT2D eigenvalue weighted by molar-refractivity contribution is 6.05. The van der Waals surface area contributed by atoms with E-state index < -0.39 is 0 Å². The molecule has 1 aliphatic heterocycles. The molecule has 2 N–H and O–H groups in total. The van der Waals surface area contributed by atoms with Gasteiger partial charge in [-0.3, -0.25) is 9.59 Å². The van der Waals surface area contributed by atoms with Gasteiger partial charge >= 0.3 is 0 Å². The van der Waals surface area contributed by atoms with Crippen molar-refractivity contribution in [2.45, 2.75) is 26.2 Å². The van der Waals surface area contributed by atoms with Gasteiger partial charge in [0, 0.05) is 42.6 Å². The Hall–Kier alpha value is -2.82. The molecule has 2 aromatic rings. The first-order valence-electron chi connectivity index (χ1n) is 8.66. The van der Waals surface area contributed by atoms with Crippen molar-refractivity contribution in [2.24, 2.45) is 0 Å². The van der Waals surface area contributed by atoms with E-state index >= 15 is 0 Å². The van der Waals surface area contributed by atoms with Crippen molar-refractivity contribution in [2.75, 3.05) is 28.6 Å². The Labute approximate surface area is 148 Å². The summed E-state index contributed by atoms with van der Waals surface area (Å²) in [4.78, 5) is 26.0. The molecule has 5 nitrogen and oxygen atoms in total. The third-order valence-corrected chi connectivity index (χ3v) is 4.27. The van der Waals surface area contributed by atoms with Gasteiger partial charge in [0.05, 0.1) is 0 Å². The Morgan fingerprint density at radius 3 is 2.28 bits per heavy atom. The number of anilines is 3. The van der Waals surface area contributed by atoms with E-state index in [1.807, 2.05) is 18.2 Å². The van der Waals surface area contributed by atoms with Gasteiger partial charge in [-0.2, -0.15) is 0 Å². The van der Waals surface area contributed by atoms with Crippen LogP contribution in [0.4, 0.5) is 17.1 Å². The molecule has 0 aromatic heterocycles. The minimum absolute atomic E-state index is 0.160. The lowest BCUT2D eigenvalue weighted by Gasteiger charge is -2.29. The highest BCUT2D eigenvalue weighted by atomic mass is 16.2. The second kappa shape index (κ2) is 7.83. The molecule has 0 unspecified atom stereocenters. The topological polar surface area (TPSA) is 61.4 Å². The second-order valence-corrected chi connectivity index (χ2v) is 6.31. The highest BCUT2D eigenvalue weighted by Crippen LogP contribution is 2.23. The molecule has 0 bridgehead atoms. The van der Waals surface area contributed by atoms with Crippen molar-refractivity contribution < 1.29 is 9.59 Å². The fourth-order valence-electron chi connectivity index (χ4n) is 3.08. The van der Waals surface area contributed by atoms with E-state index in [9.17, 15) is 9.59 Å². The normalized spacial score (nSPS) is 14.0. The summed E-state index contributed by atoms with van der Waals surface area (Å²) >= 11 is 0. The quantitative estimate of drug-likeness (QED) is 0.890. The first-order valence-corrected chi connectivity index (χ1v) is 8.66. The molecular formula is C20H23N3O2. The molecule has 1 saturated heterocycles. The Morgan fingerprint density at radius 2 is 1.56 bits per heavy atom. The lowest BCUT2D eigenvalue weighted by molar-refractivity contribution is -0.114. The van der Waals surface area contributed by atoms with Crippen molar-refractivity contribution in [1.29, 1.82) is 0 Å². The minimum atomic E-state index is -0.192. The van der Waals surface area contributed by atoms with Crippen molar-refractivity contribution in [3.8, 4) is 0 Å². The summed E-state index contributed by atoms with van der Waals surface area (Å²) in [6, 6.07) is 14.9. The van der Waals surface area contributed by atoms with Crippen LogP contribution in [-0.4, -0.2) is 24.9 Å². The summed E-state index contributed by atoms with van der Waals surface area (Å²) in [6.45, 7) is 3.57. The van der Waals surface area contributed by atoms with Crippen LogP contribution in [0.2, 0.25) is 0 Å². The molecule has 1 aliphatic rings. The van der Waals surface area contributed by atoms with Gasteiger partial charge in [0.15, 0.2) is 0 Å². The summed E-state index contributed by atoms with van der Waals surface area (Å²) in [5, 5.41) is 5.63. The van der Waals surface area contributed by atoms with Gasteiger partial charge in [0.1, 0.15) is 0 Å². The standard InChI is InChI=1S/C20H23N3O2/c1-15(24)21-17-8-5-7-16(13-17)20(25)22-18-9-6-10-19(14-18)23-11-3-2-4-12-23/h5-10,13-14H,2-4,11-12H2,1H3,(H,21,24)(H,22,25). The smallest absolute Gasteiger partial charge is 0.255 e. The molecule has 1 heterocycles. The average molecular weight is 337 g/mol. The number of carbonyl (C=O) groups excluding carboxylic acids is 2. The van der Waals surface area contributed by atoms with Crippen molar-refractivity contribution >= 4 is 28.9 Å². The van der Waals surface area contributed by atoms with E-state index in [1.165, 1.54) is 26.2 Å². The number of rotatable bonds is 4. The molecule has 25 heavy (non-hydrogen) atoms. The van der Waals surface area contributed by atoms with Crippen LogP contribution in [0.5, 0.6) is 0 Å². The Bertz CT molecular complexity index is 767. The molecule has 2 amide bonds. The van der Waals surface area contributed by atoms with E-state index in [-0.39, 0.29) is 11.8 Å². The number of amides is 2. The third kappa shape index (κ3) is 4.59. The summed E-state index contributed by atoms with van der Waals surface area (Å²) in [6.07, 6.45) is 3.72. The van der Waals surface area contributed by atoms with Crippen LogP contribution in [0.1, 0.15) is 36.5 Å². The third-order valence-electron chi connectivity index (χ3n) is 4.27. The SMILES string of the molecule is CC(=O)Nc1cccc(C(=O)Nc2cccc(N3CCCCC3)c2)c1. The maximum Gasteiger partial charge on any atom is 0.255 e. The van der Waals surface area contributed by atoms with Crippen LogP contribution < -0.4 is 15.5 Å². The van der Waals surface area contributed by atoms with E-state index in [2.05, 4.69) is 21.6 Å². The van der Waals surface area contributed by atoms with Gasteiger partial charge in [0.25, 0.3) is 5.91 Å². The van der Waals surface area contributed by atoms with Crippen LogP contribution in [0, 0.1) is 0 Å². The maximum absolute atomic E-state index is 12.5. The van der Waals surface area contributed by atoms with Gasteiger partial charge < -0.3 is 15.5 Å². The van der Waals surface area contributed by atoms with E-state index in [1.54, 1.807) is 24.3 Å². The summed E-state index contributed by atoms with van der Waals surface area (Å²) in [7, 11) is 0. The van der Waals surface area contributed by atoms with E-state index in [0.29, 0.717) is 11.3 Å². The second-order valence-electron chi connectivity index (χ2n) is 6.31. The number of piperidine rings is 1. The number of carbonyl (C=O) groups is 2. The molecule has 1 fully saturated rings. The number of nitrogens with one attached hydrogen (secondary N) is 2. The molecule has 2 aromatic carbocycles. The summed E-state index contributed by atoms with van der Waals surface area (Å²) in [5.74, 6) is -0.352. The van der Waals surface area contributed by atoms with Gasteiger partial charge in [-0.15, -0.1) is 0 Å². The van der Waals surface area contributed by atoms with Gasteiger partial charge in [0.2, 0.25) is 5.91 Å². The predicted molar refractivity (Wildman–Crippen MR) is 101 cm³/mol. The molecule has 0 radical (unpaired) electrons. The average Bonchev–Trinajstić information content (AvgIpc) is 2.62. The molecule has 0 atom stereocenters. The van der Waals surface area contributed by atoms with Gasteiger partial charge in [-0.25, -0.2) is 0 Å².